The van der Waals surface area contributed by atoms with Gasteiger partial charge in [-0.05, 0) is 25.5 Å². The standard InChI is InChI=1S/C14H20N2O4.ClH/c1-3-19-14(18)5-4-8-20-11-6-7-13(12(15)9-11)16-10(2)17;/h6-7,9H,3-5,8,15H2,1-2H3,(H,16,17);1H. The van der Waals surface area contributed by atoms with Crippen molar-refractivity contribution in [3.05, 3.63) is 18.2 Å². The van der Waals surface area contributed by atoms with Gasteiger partial charge in [0.05, 0.1) is 24.6 Å². The first-order valence-electron chi connectivity index (χ1n) is 6.48. The second-order valence-corrected chi connectivity index (χ2v) is 4.19. The van der Waals surface area contributed by atoms with Crippen molar-refractivity contribution < 1.29 is 19.1 Å². The number of nitrogen functional groups attached to an aromatic ring is 1. The Kier molecular flexibility index (Phi) is 8.96. The smallest absolute Gasteiger partial charge is 0.305 e. The highest BCUT2D eigenvalue weighted by atomic mass is 35.5. The van der Waals surface area contributed by atoms with E-state index in [1.54, 1.807) is 25.1 Å². The zero-order chi connectivity index (χ0) is 15.0. The lowest BCUT2D eigenvalue weighted by atomic mass is 10.2. The molecule has 21 heavy (non-hydrogen) atoms. The number of ether oxygens (including phenoxy) is 2. The van der Waals surface area contributed by atoms with E-state index in [0.29, 0.717) is 43.2 Å². The molecule has 0 fully saturated rings. The van der Waals surface area contributed by atoms with Crippen molar-refractivity contribution in [3.63, 3.8) is 0 Å². The van der Waals surface area contributed by atoms with Gasteiger partial charge in [-0.15, -0.1) is 12.4 Å². The molecular weight excluding hydrogens is 296 g/mol. The van der Waals surface area contributed by atoms with E-state index < -0.39 is 0 Å². The molecule has 118 valence electrons. The van der Waals surface area contributed by atoms with Crippen molar-refractivity contribution in [3.8, 4) is 5.75 Å². The Morgan fingerprint density at radius 1 is 1.33 bits per heavy atom. The van der Waals surface area contributed by atoms with Gasteiger partial charge in [0.25, 0.3) is 0 Å². The van der Waals surface area contributed by atoms with E-state index in [1.807, 2.05) is 0 Å². The Bertz CT molecular complexity index is 480. The Balaban J connectivity index is 0.00000400. The topological polar surface area (TPSA) is 90.6 Å². The second-order valence-electron chi connectivity index (χ2n) is 4.19. The Labute approximate surface area is 130 Å². The molecule has 1 aromatic rings. The predicted octanol–water partition coefficient (Wildman–Crippen LogP) is 2.37. The molecule has 0 aliphatic carbocycles. The fourth-order valence-electron chi connectivity index (χ4n) is 1.57. The molecule has 0 aliphatic heterocycles. The summed E-state index contributed by atoms with van der Waals surface area (Å²) >= 11 is 0. The minimum absolute atomic E-state index is 0. The van der Waals surface area contributed by atoms with Crippen LogP contribution in [0.1, 0.15) is 26.7 Å². The molecule has 0 aromatic heterocycles. The van der Waals surface area contributed by atoms with Crippen molar-refractivity contribution in [2.24, 2.45) is 0 Å². The van der Waals surface area contributed by atoms with Gasteiger partial charge in [0, 0.05) is 19.4 Å². The monoisotopic (exact) mass is 316 g/mol. The summed E-state index contributed by atoms with van der Waals surface area (Å²) in [7, 11) is 0. The van der Waals surface area contributed by atoms with Crippen LogP contribution in [0.15, 0.2) is 18.2 Å². The molecule has 0 saturated heterocycles. The number of hydrogen-bond donors (Lipinski definition) is 2. The number of esters is 1. The molecule has 0 radical (unpaired) electrons. The van der Waals surface area contributed by atoms with Crippen LogP contribution in [0.25, 0.3) is 0 Å². The van der Waals surface area contributed by atoms with Gasteiger partial charge in [0.1, 0.15) is 5.75 Å². The molecule has 1 rings (SSSR count). The summed E-state index contributed by atoms with van der Waals surface area (Å²) in [6.07, 6.45) is 0.902. The number of amides is 1. The van der Waals surface area contributed by atoms with Crippen LogP contribution in [0.5, 0.6) is 5.75 Å². The molecule has 1 aromatic carbocycles. The van der Waals surface area contributed by atoms with E-state index >= 15 is 0 Å². The zero-order valence-electron chi connectivity index (χ0n) is 12.2. The lowest BCUT2D eigenvalue weighted by Gasteiger charge is -2.10. The summed E-state index contributed by atoms with van der Waals surface area (Å²) in [5, 5.41) is 2.62. The number of rotatable bonds is 7. The normalized spacial score (nSPS) is 9.43. The fraction of sp³-hybridized carbons (Fsp3) is 0.429. The zero-order valence-corrected chi connectivity index (χ0v) is 13.0. The summed E-state index contributed by atoms with van der Waals surface area (Å²) in [5.41, 5.74) is 6.78. The van der Waals surface area contributed by atoms with Crippen LogP contribution in [0.2, 0.25) is 0 Å². The maximum Gasteiger partial charge on any atom is 0.305 e. The summed E-state index contributed by atoms with van der Waals surface area (Å²) in [4.78, 5) is 22.1. The van der Waals surface area contributed by atoms with Crippen LogP contribution < -0.4 is 15.8 Å². The fourth-order valence-corrected chi connectivity index (χ4v) is 1.57. The van der Waals surface area contributed by atoms with Gasteiger partial charge >= 0.3 is 5.97 Å². The largest absolute Gasteiger partial charge is 0.494 e. The van der Waals surface area contributed by atoms with Crippen LogP contribution in [0.4, 0.5) is 11.4 Å². The average molecular weight is 317 g/mol. The van der Waals surface area contributed by atoms with E-state index in [4.69, 9.17) is 15.2 Å². The maximum atomic E-state index is 11.1. The summed E-state index contributed by atoms with van der Waals surface area (Å²) in [6.45, 7) is 3.98. The van der Waals surface area contributed by atoms with E-state index in [9.17, 15) is 9.59 Å². The molecule has 0 spiro atoms. The third-order valence-corrected chi connectivity index (χ3v) is 2.43. The number of carbonyl (C=O) groups excluding carboxylic acids is 2. The van der Waals surface area contributed by atoms with Crippen molar-refractivity contribution >= 4 is 35.7 Å². The predicted molar refractivity (Wildman–Crippen MR) is 83.8 cm³/mol. The third kappa shape index (κ3) is 7.41. The molecule has 0 bridgehead atoms. The van der Waals surface area contributed by atoms with Crippen LogP contribution >= 0.6 is 12.4 Å². The number of hydrogen-bond acceptors (Lipinski definition) is 5. The second kappa shape index (κ2) is 9.88. The van der Waals surface area contributed by atoms with Gasteiger partial charge in [0.15, 0.2) is 0 Å². The molecule has 0 unspecified atom stereocenters. The van der Waals surface area contributed by atoms with Gasteiger partial charge in [-0.25, -0.2) is 0 Å². The quantitative estimate of drug-likeness (QED) is 0.458. The SMILES string of the molecule is CCOC(=O)CCCOc1ccc(NC(C)=O)c(N)c1.Cl. The molecule has 0 saturated carbocycles. The first kappa shape index (κ1) is 19.1. The average Bonchev–Trinajstić information content (AvgIpc) is 2.37. The van der Waals surface area contributed by atoms with Crippen molar-refractivity contribution in [2.45, 2.75) is 26.7 Å². The highest BCUT2D eigenvalue weighted by Crippen LogP contribution is 2.24. The van der Waals surface area contributed by atoms with Crippen LogP contribution in [-0.2, 0) is 14.3 Å². The summed E-state index contributed by atoms with van der Waals surface area (Å²) in [5.74, 6) is 0.192. The van der Waals surface area contributed by atoms with E-state index in [1.165, 1.54) is 6.92 Å². The van der Waals surface area contributed by atoms with E-state index in [-0.39, 0.29) is 24.3 Å². The molecule has 6 nitrogen and oxygen atoms in total. The Morgan fingerprint density at radius 3 is 2.62 bits per heavy atom. The highest BCUT2D eigenvalue weighted by Gasteiger charge is 2.04. The minimum atomic E-state index is -0.225. The number of nitrogens with two attached hydrogens (primary N) is 1. The van der Waals surface area contributed by atoms with Gasteiger partial charge in [-0.3, -0.25) is 9.59 Å². The van der Waals surface area contributed by atoms with Gasteiger partial charge in [-0.2, -0.15) is 0 Å². The first-order valence-corrected chi connectivity index (χ1v) is 6.48. The van der Waals surface area contributed by atoms with Gasteiger partial charge in [0.2, 0.25) is 5.91 Å². The van der Waals surface area contributed by atoms with Gasteiger partial charge < -0.3 is 20.5 Å². The van der Waals surface area contributed by atoms with Gasteiger partial charge in [-0.1, -0.05) is 0 Å². The highest BCUT2D eigenvalue weighted by molar-refractivity contribution is 5.92. The molecule has 0 atom stereocenters. The molecule has 1 amide bonds. The summed E-state index contributed by atoms with van der Waals surface area (Å²) in [6, 6.07) is 5.03. The van der Waals surface area contributed by atoms with E-state index in [2.05, 4.69) is 5.32 Å². The van der Waals surface area contributed by atoms with E-state index in [0.717, 1.165) is 0 Å². The lowest BCUT2D eigenvalue weighted by Crippen LogP contribution is -2.09. The third-order valence-electron chi connectivity index (χ3n) is 2.43. The van der Waals surface area contributed by atoms with Crippen LogP contribution in [0.3, 0.4) is 0 Å². The van der Waals surface area contributed by atoms with Crippen molar-refractivity contribution in [1.29, 1.82) is 0 Å². The van der Waals surface area contributed by atoms with Crippen LogP contribution in [-0.4, -0.2) is 25.1 Å². The molecule has 0 aliphatic rings. The van der Waals surface area contributed by atoms with Crippen LogP contribution in [0, 0.1) is 0 Å². The summed E-state index contributed by atoms with van der Waals surface area (Å²) < 4.78 is 10.3. The number of anilines is 2. The molecule has 0 heterocycles. The number of nitrogens with one attached hydrogen (secondary N) is 1. The number of benzene rings is 1. The van der Waals surface area contributed by atoms with Crippen molar-refractivity contribution in [2.75, 3.05) is 24.3 Å². The van der Waals surface area contributed by atoms with Crippen molar-refractivity contribution in [1.82, 2.24) is 0 Å². The first-order chi connectivity index (χ1) is 9.52. The molecule has 3 N–H and O–H groups in total. The Hall–Kier alpha value is -1.95. The lowest BCUT2D eigenvalue weighted by molar-refractivity contribution is -0.143. The Morgan fingerprint density at radius 2 is 2.05 bits per heavy atom. The number of carbonyl (C=O) groups is 2. The molecule has 7 heteroatoms. The number of halogens is 1. The molecular formula is C14H21ClN2O4. The minimum Gasteiger partial charge on any atom is -0.494 e. The maximum absolute atomic E-state index is 11.1.